The molecule has 5 rings (SSSR count). The Morgan fingerprint density at radius 2 is 1.69 bits per heavy atom. The highest BCUT2D eigenvalue weighted by atomic mass is 32.1. The number of hydrazine groups is 1. The largest absolute Gasteiger partial charge is 0.363 e. The highest BCUT2D eigenvalue weighted by Crippen LogP contribution is 2.34. The number of halogens is 1. The molecule has 0 saturated carbocycles. The van der Waals surface area contributed by atoms with Crippen molar-refractivity contribution in [3.05, 3.63) is 71.0 Å². The number of nitrogens with one attached hydrogen (secondary N) is 3. The number of anilines is 5. The van der Waals surface area contributed by atoms with Gasteiger partial charge in [0.1, 0.15) is 0 Å². The van der Waals surface area contributed by atoms with Crippen LogP contribution in [0, 0.1) is 19.0 Å². The maximum absolute atomic E-state index is 13.0. The Hall–Kier alpha value is -3.50. The van der Waals surface area contributed by atoms with Crippen molar-refractivity contribution in [1.29, 1.82) is 0 Å². The minimum atomic E-state index is -0.376. The van der Waals surface area contributed by atoms with Gasteiger partial charge in [-0.15, -0.1) is 21.6 Å². The van der Waals surface area contributed by atoms with Crippen LogP contribution in [0.25, 0.3) is 0 Å². The predicted molar refractivity (Wildman–Crippen MR) is 145 cm³/mol. The Labute approximate surface area is 211 Å². The fourth-order valence-corrected chi connectivity index (χ4v) is 5.34. The molecule has 2 aromatic heterocycles. The Kier molecular flexibility index (Phi) is 6.91. The van der Waals surface area contributed by atoms with Crippen LogP contribution in [0.2, 0.25) is 0 Å². The topological polar surface area (TPSA) is 76.9 Å². The molecule has 0 amide bonds. The lowest BCUT2D eigenvalue weighted by Gasteiger charge is -2.15. The molecule has 0 bridgehead atoms. The number of aromatic nitrogens is 1. The molecular formula is C25H26FN7S2. The number of hydrogen-bond donors (Lipinski definition) is 3. The van der Waals surface area contributed by atoms with Crippen LogP contribution in [0.3, 0.4) is 0 Å². The van der Waals surface area contributed by atoms with E-state index in [9.17, 15) is 4.39 Å². The molecule has 3 heterocycles. The van der Waals surface area contributed by atoms with Gasteiger partial charge in [-0.1, -0.05) is 11.3 Å². The van der Waals surface area contributed by atoms with E-state index in [0.717, 1.165) is 63.8 Å². The first-order chi connectivity index (χ1) is 17.0. The SMILES string of the molecule is Cc1cc(NNc2ccc(Nc3ccc(N4CCCC4)s3)cc2C)ccc1N=Nc1ncc(F)s1. The summed E-state index contributed by atoms with van der Waals surface area (Å²) >= 11 is 2.67. The van der Waals surface area contributed by atoms with E-state index in [1.54, 1.807) is 11.3 Å². The molecule has 0 aliphatic carbocycles. The first-order valence-electron chi connectivity index (χ1n) is 11.4. The Morgan fingerprint density at radius 1 is 0.886 bits per heavy atom. The van der Waals surface area contributed by atoms with Crippen molar-refractivity contribution in [2.45, 2.75) is 26.7 Å². The number of aryl methyl sites for hydroxylation is 2. The minimum absolute atomic E-state index is 0.297. The van der Waals surface area contributed by atoms with Crippen LogP contribution < -0.4 is 21.1 Å². The summed E-state index contributed by atoms with van der Waals surface area (Å²) in [7, 11) is 0. The number of azo groups is 1. The van der Waals surface area contributed by atoms with E-state index in [0.29, 0.717) is 10.8 Å². The number of benzene rings is 2. The van der Waals surface area contributed by atoms with Gasteiger partial charge in [0.15, 0.2) is 5.13 Å². The second kappa shape index (κ2) is 10.4. The van der Waals surface area contributed by atoms with Gasteiger partial charge in [0.2, 0.25) is 5.13 Å². The maximum Gasteiger partial charge on any atom is 0.232 e. The zero-order valence-corrected chi connectivity index (χ0v) is 21.1. The lowest BCUT2D eigenvalue weighted by molar-refractivity contribution is 0.653. The summed E-state index contributed by atoms with van der Waals surface area (Å²) in [5, 5.41) is 14.1. The van der Waals surface area contributed by atoms with E-state index in [1.165, 1.54) is 17.8 Å². The average molecular weight is 508 g/mol. The molecule has 0 unspecified atom stereocenters. The third-order valence-electron chi connectivity index (χ3n) is 5.75. The van der Waals surface area contributed by atoms with Crippen molar-refractivity contribution in [3.8, 4) is 0 Å². The van der Waals surface area contributed by atoms with Crippen LogP contribution in [-0.2, 0) is 0 Å². The lowest BCUT2D eigenvalue weighted by Crippen LogP contribution is -2.15. The summed E-state index contributed by atoms with van der Waals surface area (Å²) in [4.78, 5) is 6.31. The van der Waals surface area contributed by atoms with Gasteiger partial charge in [0.25, 0.3) is 0 Å². The number of thiazole rings is 1. The fourth-order valence-electron chi connectivity index (χ4n) is 3.90. The average Bonchev–Trinajstić information content (AvgIpc) is 3.60. The summed E-state index contributed by atoms with van der Waals surface area (Å²) < 4.78 is 13.0. The summed E-state index contributed by atoms with van der Waals surface area (Å²) in [5.41, 5.74) is 12.3. The van der Waals surface area contributed by atoms with Crippen LogP contribution in [0.5, 0.6) is 0 Å². The van der Waals surface area contributed by atoms with Crippen LogP contribution in [0.15, 0.2) is 65.0 Å². The fraction of sp³-hybridized carbons (Fsp3) is 0.240. The van der Waals surface area contributed by atoms with Gasteiger partial charge in [-0.3, -0.25) is 0 Å². The third-order valence-corrected chi connectivity index (χ3v) is 7.48. The van der Waals surface area contributed by atoms with E-state index in [4.69, 9.17) is 0 Å². The van der Waals surface area contributed by atoms with Gasteiger partial charge in [0.05, 0.1) is 33.3 Å². The standard InChI is InChI=1S/C25H26FN7S2/c1-16-13-18(28-23-9-10-24(35-23)33-11-3-4-12-33)5-7-20(16)30-29-19-6-8-21(17(2)14-19)31-32-25-27-15-22(26)34-25/h5-10,13-15,28-30H,3-4,11-12H2,1-2H3. The van der Waals surface area contributed by atoms with E-state index in [-0.39, 0.29) is 5.13 Å². The predicted octanol–water partition coefficient (Wildman–Crippen LogP) is 8.16. The second-order valence-corrected chi connectivity index (χ2v) is 10.4. The van der Waals surface area contributed by atoms with Crippen molar-refractivity contribution in [3.63, 3.8) is 0 Å². The number of rotatable bonds is 8. The highest BCUT2D eigenvalue weighted by Gasteiger charge is 2.14. The highest BCUT2D eigenvalue weighted by molar-refractivity contribution is 7.20. The maximum atomic E-state index is 13.0. The zero-order chi connectivity index (χ0) is 24.2. The van der Waals surface area contributed by atoms with E-state index in [2.05, 4.69) is 73.5 Å². The molecule has 10 heteroatoms. The van der Waals surface area contributed by atoms with Gasteiger partial charge in [-0.25, -0.2) is 4.98 Å². The van der Waals surface area contributed by atoms with Crippen molar-refractivity contribution >= 4 is 60.6 Å². The molecule has 1 aliphatic rings. The molecule has 0 spiro atoms. The van der Waals surface area contributed by atoms with Gasteiger partial charge in [0, 0.05) is 18.8 Å². The summed E-state index contributed by atoms with van der Waals surface area (Å²) in [6.07, 6.45) is 3.71. The summed E-state index contributed by atoms with van der Waals surface area (Å²) in [6.45, 7) is 6.35. The molecule has 1 saturated heterocycles. The molecule has 180 valence electrons. The van der Waals surface area contributed by atoms with E-state index < -0.39 is 0 Å². The van der Waals surface area contributed by atoms with Crippen LogP contribution >= 0.6 is 22.7 Å². The first kappa shape index (κ1) is 23.3. The van der Waals surface area contributed by atoms with Gasteiger partial charge >= 0.3 is 0 Å². The quantitative estimate of drug-likeness (QED) is 0.166. The van der Waals surface area contributed by atoms with E-state index >= 15 is 0 Å². The Bertz CT molecular complexity index is 1340. The van der Waals surface area contributed by atoms with Crippen molar-refractivity contribution in [2.24, 2.45) is 10.2 Å². The summed E-state index contributed by atoms with van der Waals surface area (Å²) in [6, 6.07) is 16.4. The first-order valence-corrected chi connectivity index (χ1v) is 13.0. The monoisotopic (exact) mass is 507 g/mol. The van der Waals surface area contributed by atoms with Crippen LogP contribution in [-0.4, -0.2) is 18.1 Å². The molecule has 0 radical (unpaired) electrons. The molecule has 7 nitrogen and oxygen atoms in total. The Balaban J connectivity index is 1.18. The van der Waals surface area contributed by atoms with E-state index in [1.807, 2.05) is 25.1 Å². The Morgan fingerprint density at radius 3 is 2.43 bits per heavy atom. The molecule has 2 aromatic carbocycles. The zero-order valence-electron chi connectivity index (χ0n) is 19.5. The molecule has 35 heavy (non-hydrogen) atoms. The van der Waals surface area contributed by atoms with Crippen molar-refractivity contribution in [1.82, 2.24) is 4.98 Å². The van der Waals surface area contributed by atoms with Gasteiger partial charge in [-0.2, -0.15) is 4.39 Å². The number of thiophene rings is 1. The van der Waals surface area contributed by atoms with Gasteiger partial charge in [-0.05, 0) is 86.3 Å². The lowest BCUT2D eigenvalue weighted by atomic mass is 10.2. The van der Waals surface area contributed by atoms with Crippen molar-refractivity contribution in [2.75, 3.05) is 34.2 Å². The summed E-state index contributed by atoms with van der Waals surface area (Å²) in [5.74, 6) is 0. The number of nitrogens with zero attached hydrogens (tertiary/aromatic N) is 4. The van der Waals surface area contributed by atoms with Gasteiger partial charge < -0.3 is 21.1 Å². The molecule has 1 aliphatic heterocycles. The normalized spacial score (nSPS) is 13.5. The molecule has 0 atom stereocenters. The minimum Gasteiger partial charge on any atom is -0.363 e. The number of hydrogen-bond acceptors (Lipinski definition) is 9. The van der Waals surface area contributed by atoms with Crippen LogP contribution in [0.4, 0.5) is 42.3 Å². The molecule has 3 N–H and O–H groups in total. The molecular weight excluding hydrogens is 481 g/mol. The van der Waals surface area contributed by atoms with Crippen molar-refractivity contribution < 1.29 is 4.39 Å². The van der Waals surface area contributed by atoms with Crippen LogP contribution in [0.1, 0.15) is 24.0 Å². The smallest absolute Gasteiger partial charge is 0.232 e. The third kappa shape index (κ3) is 5.77. The second-order valence-electron chi connectivity index (χ2n) is 8.38. The molecule has 1 fully saturated rings. The molecule has 4 aromatic rings.